The Hall–Kier alpha value is -2.56. The Morgan fingerprint density at radius 1 is 1.24 bits per heavy atom. The van der Waals surface area contributed by atoms with Crippen LogP contribution in [0.4, 0.5) is 10.1 Å². The van der Waals surface area contributed by atoms with E-state index in [1.54, 1.807) is 38.4 Å². The molecule has 0 aliphatic heterocycles. The minimum absolute atomic E-state index is 0.0747. The van der Waals surface area contributed by atoms with Crippen LogP contribution in [0.1, 0.15) is 15.9 Å². The van der Waals surface area contributed by atoms with Crippen molar-refractivity contribution in [3.63, 3.8) is 0 Å². The number of nitrogens with one attached hydrogen (secondary N) is 1. The van der Waals surface area contributed by atoms with E-state index in [-0.39, 0.29) is 11.7 Å². The van der Waals surface area contributed by atoms with Gasteiger partial charge in [0.25, 0.3) is 5.91 Å². The fourth-order valence-corrected chi connectivity index (χ4v) is 1.88. The maximum atomic E-state index is 13.2. The molecule has 0 aliphatic rings. The van der Waals surface area contributed by atoms with E-state index in [0.717, 1.165) is 5.69 Å². The van der Waals surface area contributed by atoms with Crippen molar-refractivity contribution in [2.75, 3.05) is 19.4 Å². The van der Waals surface area contributed by atoms with Crippen LogP contribution in [0.15, 0.2) is 42.5 Å². The molecule has 5 heteroatoms. The average molecular weight is 288 g/mol. The fraction of sp³-hybridized carbons (Fsp3) is 0.188. The molecule has 0 aliphatic carbocycles. The Balaban J connectivity index is 2.08. The van der Waals surface area contributed by atoms with Gasteiger partial charge in [-0.25, -0.2) is 4.39 Å². The monoisotopic (exact) mass is 288 g/mol. The SMILES string of the molecule is CN(C)C(=O)c1cccc(NCc2ccc(O)c(F)c2)c1. The molecule has 0 aromatic heterocycles. The summed E-state index contributed by atoms with van der Waals surface area (Å²) in [5.74, 6) is -1.09. The molecule has 2 N–H and O–H groups in total. The van der Waals surface area contributed by atoms with Crippen LogP contribution >= 0.6 is 0 Å². The fourth-order valence-electron chi connectivity index (χ4n) is 1.88. The lowest BCUT2D eigenvalue weighted by Crippen LogP contribution is -2.21. The molecular weight excluding hydrogens is 271 g/mol. The van der Waals surface area contributed by atoms with Crippen LogP contribution in [-0.2, 0) is 6.54 Å². The van der Waals surface area contributed by atoms with Gasteiger partial charge in [0.2, 0.25) is 0 Å². The number of benzene rings is 2. The molecule has 110 valence electrons. The summed E-state index contributed by atoms with van der Waals surface area (Å²) in [6.45, 7) is 0.400. The molecule has 4 nitrogen and oxygen atoms in total. The van der Waals surface area contributed by atoms with Gasteiger partial charge in [0.05, 0.1) is 0 Å². The first kappa shape index (κ1) is 14.8. The number of rotatable bonds is 4. The summed E-state index contributed by atoms with van der Waals surface area (Å²) in [5.41, 5.74) is 2.06. The first-order valence-electron chi connectivity index (χ1n) is 6.50. The van der Waals surface area contributed by atoms with Gasteiger partial charge < -0.3 is 15.3 Å². The summed E-state index contributed by atoms with van der Waals surface area (Å²) in [6, 6.07) is 11.3. The van der Waals surface area contributed by atoms with E-state index in [9.17, 15) is 9.18 Å². The van der Waals surface area contributed by atoms with Crippen molar-refractivity contribution in [2.24, 2.45) is 0 Å². The number of hydrogen-bond donors (Lipinski definition) is 2. The van der Waals surface area contributed by atoms with Crippen LogP contribution in [0.25, 0.3) is 0 Å². The van der Waals surface area contributed by atoms with Crippen LogP contribution < -0.4 is 5.32 Å². The quantitative estimate of drug-likeness (QED) is 0.909. The summed E-state index contributed by atoms with van der Waals surface area (Å²) in [6.07, 6.45) is 0. The Kier molecular flexibility index (Phi) is 4.42. The molecule has 0 radical (unpaired) electrons. The highest BCUT2D eigenvalue weighted by Gasteiger charge is 2.08. The van der Waals surface area contributed by atoms with Gasteiger partial charge >= 0.3 is 0 Å². The largest absolute Gasteiger partial charge is 0.505 e. The number of phenolic OH excluding ortho intramolecular Hbond substituents is 1. The van der Waals surface area contributed by atoms with Gasteiger partial charge in [0, 0.05) is 31.9 Å². The molecule has 0 saturated carbocycles. The summed E-state index contributed by atoms with van der Waals surface area (Å²) >= 11 is 0. The standard InChI is InChI=1S/C16H17FN2O2/c1-19(2)16(21)12-4-3-5-13(9-12)18-10-11-6-7-15(20)14(17)8-11/h3-9,18,20H,10H2,1-2H3. The number of amides is 1. The highest BCUT2D eigenvalue weighted by atomic mass is 19.1. The number of aromatic hydroxyl groups is 1. The van der Waals surface area contributed by atoms with Crippen LogP contribution in [0.3, 0.4) is 0 Å². The zero-order valence-corrected chi connectivity index (χ0v) is 11.9. The number of nitrogens with zero attached hydrogens (tertiary/aromatic N) is 1. The number of phenols is 1. The Bertz CT molecular complexity index is 656. The minimum Gasteiger partial charge on any atom is -0.505 e. The third kappa shape index (κ3) is 3.72. The second-order valence-corrected chi connectivity index (χ2v) is 4.92. The van der Waals surface area contributed by atoms with Crippen molar-refractivity contribution in [3.8, 4) is 5.75 Å². The summed E-state index contributed by atoms with van der Waals surface area (Å²) in [7, 11) is 3.39. The van der Waals surface area contributed by atoms with E-state index < -0.39 is 5.82 Å². The lowest BCUT2D eigenvalue weighted by atomic mass is 10.1. The van der Waals surface area contributed by atoms with E-state index in [1.807, 2.05) is 6.07 Å². The number of carbonyl (C=O) groups is 1. The van der Waals surface area contributed by atoms with Gasteiger partial charge in [-0.1, -0.05) is 12.1 Å². The predicted molar refractivity (Wildman–Crippen MR) is 79.9 cm³/mol. The van der Waals surface area contributed by atoms with E-state index >= 15 is 0 Å². The second-order valence-electron chi connectivity index (χ2n) is 4.92. The molecule has 0 spiro atoms. The topological polar surface area (TPSA) is 52.6 Å². The molecule has 0 fully saturated rings. The Morgan fingerprint density at radius 3 is 2.67 bits per heavy atom. The molecule has 0 heterocycles. The summed E-state index contributed by atoms with van der Waals surface area (Å²) in [5, 5.41) is 12.3. The molecule has 2 rings (SSSR count). The maximum absolute atomic E-state index is 13.2. The molecule has 2 aromatic carbocycles. The zero-order valence-electron chi connectivity index (χ0n) is 11.9. The van der Waals surface area contributed by atoms with Gasteiger partial charge in [-0.05, 0) is 35.9 Å². The van der Waals surface area contributed by atoms with Crippen molar-refractivity contribution in [3.05, 3.63) is 59.4 Å². The van der Waals surface area contributed by atoms with Crippen molar-refractivity contribution < 1.29 is 14.3 Å². The zero-order chi connectivity index (χ0) is 15.4. The van der Waals surface area contributed by atoms with Crippen LogP contribution in [-0.4, -0.2) is 30.0 Å². The highest BCUT2D eigenvalue weighted by Crippen LogP contribution is 2.18. The first-order valence-corrected chi connectivity index (χ1v) is 6.50. The predicted octanol–water partition coefficient (Wildman–Crippen LogP) is 2.85. The van der Waals surface area contributed by atoms with E-state index in [1.165, 1.54) is 17.0 Å². The molecule has 1 amide bonds. The normalized spacial score (nSPS) is 10.2. The van der Waals surface area contributed by atoms with Crippen molar-refractivity contribution in [1.29, 1.82) is 0 Å². The van der Waals surface area contributed by atoms with E-state index in [0.29, 0.717) is 17.7 Å². The van der Waals surface area contributed by atoms with Crippen molar-refractivity contribution in [2.45, 2.75) is 6.54 Å². The average Bonchev–Trinajstić information content (AvgIpc) is 2.48. The summed E-state index contributed by atoms with van der Waals surface area (Å²) in [4.78, 5) is 13.4. The van der Waals surface area contributed by atoms with Crippen LogP contribution in [0.2, 0.25) is 0 Å². The molecule has 0 bridgehead atoms. The van der Waals surface area contributed by atoms with Gasteiger partial charge in [-0.15, -0.1) is 0 Å². The van der Waals surface area contributed by atoms with Gasteiger partial charge in [0.15, 0.2) is 11.6 Å². The molecule has 0 saturated heterocycles. The minimum atomic E-state index is -0.647. The smallest absolute Gasteiger partial charge is 0.253 e. The van der Waals surface area contributed by atoms with E-state index in [2.05, 4.69) is 5.32 Å². The number of halogens is 1. The number of hydrogen-bond acceptors (Lipinski definition) is 3. The number of anilines is 1. The molecule has 2 aromatic rings. The first-order chi connectivity index (χ1) is 9.97. The molecule has 0 atom stereocenters. The summed E-state index contributed by atoms with van der Waals surface area (Å²) < 4.78 is 13.2. The van der Waals surface area contributed by atoms with Crippen molar-refractivity contribution in [1.82, 2.24) is 4.90 Å². The third-order valence-electron chi connectivity index (χ3n) is 3.02. The number of carbonyl (C=O) groups excluding carboxylic acids is 1. The Labute approximate surface area is 122 Å². The molecule has 21 heavy (non-hydrogen) atoms. The molecular formula is C16H17FN2O2. The lowest BCUT2D eigenvalue weighted by Gasteiger charge is -2.12. The maximum Gasteiger partial charge on any atom is 0.253 e. The van der Waals surface area contributed by atoms with Crippen LogP contribution in [0, 0.1) is 5.82 Å². The highest BCUT2D eigenvalue weighted by molar-refractivity contribution is 5.94. The van der Waals surface area contributed by atoms with Gasteiger partial charge in [-0.2, -0.15) is 0 Å². The van der Waals surface area contributed by atoms with Gasteiger partial charge in [0.1, 0.15) is 0 Å². The second kappa shape index (κ2) is 6.26. The molecule has 0 unspecified atom stereocenters. The van der Waals surface area contributed by atoms with Crippen molar-refractivity contribution >= 4 is 11.6 Å². The van der Waals surface area contributed by atoms with Crippen LogP contribution in [0.5, 0.6) is 5.75 Å². The Morgan fingerprint density at radius 2 is 2.00 bits per heavy atom. The lowest BCUT2D eigenvalue weighted by molar-refractivity contribution is 0.0827. The third-order valence-corrected chi connectivity index (χ3v) is 3.02. The van der Waals surface area contributed by atoms with E-state index in [4.69, 9.17) is 5.11 Å². The van der Waals surface area contributed by atoms with Gasteiger partial charge in [-0.3, -0.25) is 4.79 Å².